The maximum Gasteiger partial charge on any atom is 0.191 e. The molecule has 2 N–H and O–H groups in total. The fourth-order valence-electron chi connectivity index (χ4n) is 3.33. The Kier molecular flexibility index (Phi) is 10.6. The van der Waals surface area contributed by atoms with Gasteiger partial charge in [-0.25, -0.2) is 4.39 Å². The molecule has 0 amide bonds. The fraction of sp³-hybridized carbons (Fsp3) is 0.667. The van der Waals surface area contributed by atoms with Crippen molar-refractivity contribution in [2.75, 3.05) is 44.7 Å². The molecule has 1 fully saturated rings. The van der Waals surface area contributed by atoms with E-state index in [0.717, 1.165) is 57.1 Å². The van der Waals surface area contributed by atoms with Crippen LogP contribution in [0.5, 0.6) is 0 Å². The maximum atomic E-state index is 13.8. The third-order valence-corrected chi connectivity index (χ3v) is 5.68. The number of piperidine rings is 1. The van der Waals surface area contributed by atoms with Gasteiger partial charge < -0.3 is 10.6 Å². The summed E-state index contributed by atoms with van der Waals surface area (Å²) < 4.78 is 13.8. The van der Waals surface area contributed by atoms with Crippen molar-refractivity contribution < 1.29 is 4.39 Å². The standard InChI is InChI=1S/C21H35FN4S/c1-3-23-21(24-12-6-7-15-27-2)25-16-18-10-13-26(14-11-18)17-19-8-4-5-9-20(19)22/h4-5,8-9,18H,3,6-7,10-17H2,1-2H3,(H2,23,24,25). The molecule has 0 atom stereocenters. The maximum absolute atomic E-state index is 13.8. The minimum Gasteiger partial charge on any atom is -0.357 e. The van der Waals surface area contributed by atoms with Gasteiger partial charge in [-0.1, -0.05) is 18.2 Å². The van der Waals surface area contributed by atoms with E-state index in [-0.39, 0.29) is 5.82 Å². The van der Waals surface area contributed by atoms with E-state index >= 15 is 0 Å². The summed E-state index contributed by atoms with van der Waals surface area (Å²) >= 11 is 1.90. The molecule has 0 radical (unpaired) electrons. The van der Waals surface area contributed by atoms with Gasteiger partial charge in [-0.2, -0.15) is 11.8 Å². The van der Waals surface area contributed by atoms with Crippen LogP contribution >= 0.6 is 11.8 Å². The van der Waals surface area contributed by atoms with Crippen molar-refractivity contribution in [3.63, 3.8) is 0 Å². The molecule has 1 aliphatic rings. The van der Waals surface area contributed by atoms with Gasteiger partial charge >= 0.3 is 0 Å². The van der Waals surface area contributed by atoms with Gasteiger partial charge in [0.1, 0.15) is 5.82 Å². The second-order valence-electron chi connectivity index (χ2n) is 7.16. The van der Waals surface area contributed by atoms with Crippen LogP contribution in [-0.4, -0.2) is 55.6 Å². The average Bonchev–Trinajstić information content (AvgIpc) is 2.69. The van der Waals surface area contributed by atoms with E-state index in [4.69, 9.17) is 4.99 Å². The lowest BCUT2D eigenvalue weighted by Crippen LogP contribution is -2.39. The zero-order valence-electron chi connectivity index (χ0n) is 16.8. The Morgan fingerprint density at radius 1 is 1.22 bits per heavy atom. The summed E-state index contributed by atoms with van der Waals surface area (Å²) in [6.45, 7) is 7.59. The van der Waals surface area contributed by atoms with Crippen molar-refractivity contribution in [2.24, 2.45) is 10.9 Å². The van der Waals surface area contributed by atoms with Crippen LogP contribution < -0.4 is 10.6 Å². The van der Waals surface area contributed by atoms with Gasteiger partial charge in [-0.3, -0.25) is 9.89 Å². The topological polar surface area (TPSA) is 39.7 Å². The molecule has 0 aliphatic carbocycles. The van der Waals surface area contributed by atoms with Crippen LogP contribution in [0.4, 0.5) is 4.39 Å². The summed E-state index contributed by atoms with van der Waals surface area (Å²) in [7, 11) is 0. The number of rotatable bonds is 10. The lowest BCUT2D eigenvalue weighted by Gasteiger charge is -2.31. The Hall–Kier alpha value is -1.27. The highest BCUT2D eigenvalue weighted by Crippen LogP contribution is 2.20. The number of aliphatic imine (C=N–C) groups is 1. The van der Waals surface area contributed by atoms with Crippen LogP contribution in [0, 0.1) is 11.7 Å². The molecule has 4 nitrogen and oxygen atoms in total. The SMILES string of the molecule is CCNC(=NCC1CCN(Cc2ccccc2F)CC1)NCCCCSC. The van der Waals surface area contributed by atoms with Crippen molar-refractivity contribution in [1.29, 1.82) is 0 Å². The van der Waals surface area contributed by atoms with Gasteiger partial charge in [-0.15, -0.1) is 0 Å². The molecule has 6 heteroatoms. The summed E-state index contributed by atoms with van der Waals surface area (Å²) in [5.41, 5.74) is 0.800. The first-order valence-corrected chi connectivity index (χ1v) is 11.6. The van der Waals surface area contributed by atoms with E-state index in [9.17, 15) is 4.39 Å². The van der Waals surface area contributed by atoms with Crippen molar-refractivity contribution in [3.8, 4) is 0 Å². The molecule has 0 bridgehead atoms. The van der Waals surface area contributed by atoms with Gasteiger partial charge in [0, 0.05) is 31.7 Å². The highest BCUT2D eigenvalue weighted by Gasteiger charge is 2.19. The molecular formula is C21H35FN4S. The van der Waals surface area contributed by atoms with Gasteiger partial charge in [0.2, 0.25) is 0 Å². The van der Waals surface area contributed by atoms with Gasteiger partial charge in [-0.05, 0) is 69.7 Å². The van der Waals surface area contributed by atoms with Crippen LogP contribution in [-0.2, 0) is 6.54 Å². The number of hydrogen-bond acceptors (Lipinski definition) is 3. The van der Waals surface area contributed by atoms with Gasteiger partial charge in [0.05, 0.1) is 0 Å². The van der Waals surface area contributed by atoms with E-state index in [2.05, 4.69) is 28.7 Å². The van der Waals surface area contributed by atoms with Crippen LogP contribution in [0.25, 0.3) is 0 Å². The first kappa shape index (κ1) is 22.0. The molecule has 0 spiro atoms. The Morgan fingerprint density at radius 3 is 2.70 bits per heavy atom. The first-order valence-electron chi connectivity index (χ1n) is 10.2. The van der Waals surface area contributed by atoms with Crippen molar-refractivity contribution in [3.05, 3.63) is 35.6 Å². The Labute approximate surface area is 168 Å². The summed E-state index contributed by atoms with van der Waals surface area (Å²) in [6.07, 6.45) is 6.84. The molecular weight excluding hydrogens is 359 g/mol. The quantitative estimate of drug-likeness (QED) is 0.360. The molecule has 2 rings (SSSR count). The zero-order valence-corrected chi connectivity index (χ0v) is 17.7. The first-order chi connectivity index (χ1) is 13.2. The lowest BCUT2D eigenvalue weighted by atomic mass is 9.96. The minimum absolute atomic E-state index is 0.0943. The van der Waals surface area contributed by atoms with E-state index in [0.29, 0.717) is 12.5 Å². The van der Waals surface area contributed by atoms with Crippen LogP contribution in [0.2, 0.25) is 0 Å². The number of guanidine groups is 1. The number of nitrogens with one attached hydrogen (secondary N) is 2. The third kappa shape index (κ3) is 8.52. The molecule has 1 aliphatic heterocycles. The number of nitrogens with zero attached hydrogens (tertiary/aromatic N) is 2. The summed E-state index contributed by atoms with van der Waals surface area (Å²) in [4.78, 5) is 7.14. The van der Waals surface area contributed by atoms with Crippen molar-refractivity contribution in [2.45, 2.75) is 39.2 Å². The number of thioether (sulfide) groups is 1. The van der Waals surface area contributed by atoms with Crippen LogP contribution in [0.15, 0.2) is 29.3 Å². The van der Waals surface area contributed by atoms with Crippen LogP contribution in [0.3, 0.4) is 0 Å². The molecule has 152 valence electrons. The van der Waals surface area contributed by atoms with Crippen LogP contribution in [0.1, 0.15) is 38.2 Å². The van der Waals surface area contributed by atoms with E-state index in [1.54, 1.807) is 12.1 Å². The molecule has 1 aromatic rings. The number of halogens is 1. The molecule has 0 aromatic heterocycles. The molecule has 0 unspecified atom stereocenters. The largest absolute Gasteiger partial charge is 0.357 e. The number of benzene rings is 1. The normalized spacial score (nSPS) is 16.5. The highest BCUT2D eigenvalue weighted by molar-refractivity contribution is 7.98. The zero-order chi connectivity index (χ0) is 19.3. The molecule has 1 saturated heterocycles. The smallest absolute Gasteiger partial charge is 0.191 e. The van der Waals surface area contributed by atoms with Crippen molar-refractivity contribution >= 4 is 17.7 Å². The molecule has 0 saturated carbocycles. The highest BCUT2D eigenvalue weighted by atomic mass is 32.2. The number of unbranched alkanes of at least 4 members (excludes halogenated alkanes) is 1. The Bertz CT molecular complexity index is 559. The number of likely N-dealkylation sites (tertiary alicyclic amines) is 1. The fourth-order valence-corrected chi connectivity index (χ4v) is 3.83. The van der Waals surface area contributed by atoms with E-state index in [1.165, 1.54) is 18.6 Å². The third-order valence-electron chi connectivity index (χ3n) is 4.98. The average molecular weight is 395 g/mol. The summed E-state index contributed by atoms with van der Waals surface area (Å²) in [5, 5.41) is 6.79. The molecule has 1 aromatic carbocycles. The van der Waals surface area contributed by atoms with Crippen molar-refractivity contribution in [1.82, 2.24) is 15.5 Å². The Morgan fingerprint density at radius 2 is 2.00 bits per heavy atom. The Balaban J connectivity index is 1.71. The van der Waals surface area contributed by atoms with E-state index in [1.807, 2.05) is 23.9 Å². The lowest BCUT2D eigenvalue weighted by molar-refractivity contribution is 0.179. The second-order valence-corrected chi connectivity index (χ2v) is 8.14. The van der Waals surface area contributed by atoms with E-state index < -0.39 is 0 Å². The molecule has 27 heavy (non-hydrogen) atoms. The minimum atomic E-state index is -0.0943. The second kappa shape index (κ2) is 13.0. The van der Waals surface area contributed by atoms with Gasteiger partial charge in [0.25, 0.3) is 0 Å². The summed E-state index contributed by atoms with van der Waals surface area (Å²) in [5.74, 6) is 2.69. The predicted molar refractivity (Wildman–Crippen MR) is 116 cm³/mol. The number of hydrogen-bond donors (Lipinski definition) is 2. The predicted octanol–water partition coefficient (Wildman–Crippen LogP) is 3.74. The van der Waals surface area contributed by atoms with Gasteiger partial charge in [0.15, 0.2) is 5.96 Å². The summed E-state index contributed by atoms with van der Waals surface area (Å²) in [6, 6.07) is 7.10. The monoisotopic (exact) mass is 394 g/mol. The molecule has 1 heterocycles.